The fourth-order valence-corrected chi connectivity index (χ4v) is 1.55. The van der Waals surface area contributed by atoms with Crippen LogP contribution in [-0.2, 0) is 0 Å². The predicted octanol–water partition coefficient (Wildman–Crippen LogP) is 0.536. The lowest BCUT2D eigenvalue weighted by atomic mass is 10.0. The first-order valence-corrected chi connectivity index (χ1v) is 4.99. The molecule has 0 saturated carbocycles. The molecule has 1 aromatic carbocycles. The van der Waals surface area contributed by atoms with Gasteiger partial charge in [-0.25, -0.2) is 0 Å². The van der Waals surface area contributed by atoms with Crippen LogP contribution in [0.1, 0.15) is 11.7 Å². The van der Waals surface area contributed by atoms with Crippen LogP contribution in [0, 0.1) is 0 Å². The van der Waals surface area contributed by atoms with Crippen molar-refractivity contribution in [2.24, 2.45) is 0 Å². The molecular formula is C10H15ClN2O2. The van der Waals surface area contributed by atoms with E-state index in [9.17, 15) is 10.2 Å². The summed E-state index contributed by atoms with van der Waals surface area (Å²) in [6.07, 6.45) is -1.94. The molecule has 1 aromatic rings. The number of anilines is 1. The highest BCUT2D eigenvalue weighted by Crippen LogP contribution is 2.27. The predicted molar refractivity (Wildman–Crippen MR) is 60.8 cm³/mol. The number of aliphatic hydroxyl groups is 2. The lowest BCUT2D eigenvalue weighted by molar-refractivity contribution is 0.0203. The largest absolute Gasteiger partial charge is 0.399 e. The number of nitrogens with two attached hydrogens (primary N) is 1. The maximum atomic E-state index is 9.80. The van der Waals surface area contributed by atoms with Crippen LogP contribution in [0.5, 0.6) is 0 Å². The number of nitrogens with one attached hydrogen (secondary N) is 1. The van der Waals surface area contributed by atoms with Crippen molar-refractivity contribution in [3.63, 3.8) is 0 Å². The van der Waals surface area contributed by atoms with Gasteiger partial charge in [0.1, 0.15) is 6.10 Å². The van der Waals surface area contributed by atoms with Gasteiger partial charge in [-0.1, -0.05) is 11.6 Å². The van der Waals surface area contributed by atoms with Crippen molar-refractivity contribution in [1.29, 1.82) is 0 Å². The van der Waals surface area contributed by atoms with Crippen LogP contribution >= 0.6 is 11.6 Å². The first-order valence-electron chi connectivity index (χ1n) is 4.62. The molecule has 0 heterocycles. The quantitative estimate of drug-likeness (QED) is 0.570. The molecular weight excluding hydrogens is 216 g/mol. The van der Waals surface area contributed by atoms with E-state index in [2.05, 4.69) is 5.32 Å². The Morgan fingerprint density at radius 2 is 2.13 bits per heavy atom. The number of halogens is 1. The molecule has 0 amide bonds. The zero-order valence-electron chi connectivity index (χ0n) is 8.44. The maximum absolute atomic E-state index is 9.80. The molecule has 0 aliphatic rings. The van der Waals surface area contributed by atoms with Crippen LogP contribution in [0.3, 0.4) is 0 Å². The standard InChI is InChI=1S/C10H15ClN2O2/c1-13-5-9(14)10(15)7-4-6(12)2-3-8(7)11/h2-4,9-10,13-15H,5,12H2,1H3. The Kier molecular flexibility index (Phi) is 4.35. The molecule has 5 N–H and O–H groups in total. The van der Waals surface area contributed by atoms with Crippen LogP contribution in [0.4, 0.5) is 5.69 Å². The summed E-state index contributed by atoms with van der Waals surface area (Å²) in [7, 11) is 1.69. The number of benzene rings is 1. The zero-order chi connectivity index (χ0) is 11.4. The van der Waals surface area contributed by atoms with Crippen molar-refractivity contribution in [1.82, 2.24) is 5.32 Å². The summed E-state index contributed by atoms with van der Waals surface area (Å²) in [5.41, 5.74) is 6.52. The molecule has 0 bridgehead atoms. The van der Waals surface area contributed by atoms with Gasteiger partial charge in [0.15, 0.2) is 0 Å². The highest BCUT2D eigenvalue weighted by Gasteiger charge is 2.20. The fraction of sp³-hybridized carbons (Fsp3) is 0.400. The highest BCUT2D eigenvalue weighted by molar-refractivity contribution is 6.31. The Morgan fingerprint density at radius 1 is 1.47 bits per heavy atom. The summed E-state index contributed by atoms with van der Waals surface area (Å²) in [4.78, 5) is 0. The minimum Gasteiger partial charge on any atom is -0.399 e. The molecule has 0 radical (unpaired) electrons. The third kappa shape index (κ3) is 3.07. The van der Waals surface area contributed by atoms with Gasteiger partial charge in [0.25, 0.3) is 0 Å². The average Bonchev–Trinajstić information content (AvgIpc) is 2.21. The first kappa shape index (κ1) is 12.3. The van der Waals surface area contributed by atoms with E-state index in [1.54, 1.807) is 25.2 Å². The SMILES string of the molecule is CNCC(O)C(O)c1cc(N)ccc1Cl. The molecule has 0 aromatic heterocycles. The second kappa shape index (κ2) is 5.32. The van der Waals surface area contributed by atoms with Gasteiger partial charge in [0.05, 0.1) is 6.10 Å². The van der Waals surface area contributed by atoms with E-state index in [4.69, 9.17) is 17.3 Å². The van der Waals surface area contributed by atoms with Gasteiger partial charge in [0.2, 0.25) is 0 Å². The van der Waals surface area contributed by atoms with E-state index in [-0.39, 0.29) is 6.54 Å². The third-order valence-electron chi connectivity index (χ3n) is 2.12. The molecule has 15 heavy (non-hydrogen) atoms. The van der Waals surface area contributed by atoms with Crippen LogP contribution in [-0.4, -0.2) is 29.9 Å². The lowest BCUT2D eigenvalue weighted by Crippen LogP contribution is -2.29. The summed E-state index contributed by atoms with van der Waals surface area (Å²) in [5.74, 6) is 0. The van der Waals surface area contributed by atoms with Crippen molar-refractivity contribution >= 4 is 17.3 Å². The number of rotatable bonds is 4. The van der Waals surface area contributed by atoms with Crippen LogP contribution in [0.25, 0.3) is 0 Å². The topological polar surface area (TPSA) is 78.5 Å². The first-order chi connectivity index (χ1) is 7.06. The molecule has 5 heteroatoms. The second-order valence-corrected chi connectivity index (χ2v) is 3.76. The lowest BCUT2D eigenvalue weighted by Gasteiger charge is -2.19. The summed E-state index contributed by atoms with van der Waals surface area (Å²) < 4.78 is 0. The summed E-state index contributed by atoms with van der Waals surface area (Å²) in [6, 6.07) is 4.80. The van der Waals surface area contributed by atoms with Crippen LogP contribution in [0.15, 0.2) is 18.2 Å². The van der Waals surface area contributed by atoms with Gasteiger partial charge < -0.3 is 21.3 Å². The van der Waals surface area contributed by atoms with Crippen molar-refractivity contribution in [2.75, 3.05) is 19.3 Å². The molecule has 2 unspecified atom stereocenters. The van der Waals surface area contributed by atoms with E-state index < -0.39 is 12.2 Å². The van der Waals surface area contributed by atoms with Crippen LogP contribution < -0.4 is 11.1 Å². The molecule has 0 aliphatic heterocycles. The summed E-state index contributed by atoms with van der Waals surface area (Å²) in [5, 5.41) is 22.5. The van der Waals surface area contributed by atoms with Crippen LogP contribution in [0.2, 0.25) is 5.02 Å². The normalized spacial score (nSPS) is 14.9. The van der Waals surface area contributed by atoms with E-state index in [1.807, 2.05) is 0 Å². The average molecular weight is 231 g/mol. The molecule has 4 nitrogen and oxygen atoms in total. The van der Waals surface area contributed by atoms with E-state index in [1.165, 1.54) is 0 Å². The minimum absolute atomic E-state index is 0.284. The molecule has 0 saturated heterocycles. The molecule has 0 fully saturated rings. The van der Waals surface area contributed by atoms with Gasteiger partial charge >= 0.3 is 0 Å². The Balaban J connectivity index is 2.89. The minimum atomic E-state index is -1.03. The molecule has 1 rings (SSSR count). The van der Waals surface area contributed by atoms with Crippen molar-refractivity contribution in [2.45, 2.75) is 12.2 Å². The number of aliphatic hydroxyl groups excluding tert-OH is 2. The third-order valence-corrected chi connectivity index (χ3v) is 2.46. The van der Waals surface area contributed by atoms with E-state index >= 15 is 0 Å². The Bertz CT molecular complexity index is 333. The Labute approximate surface area is 93.7 Å². The van der Waals surface area contributed by atoms with Crippen molar-refractivity contribution in [3.05, 3.63) is 28.8 Å². The maximum Gasteiger partial charge on any atom is 0.108 e. The molecule has 0 aliphatic carbocycles. The fourth-order valence-electron chi connectivity index (χ4n) is 1.32. The van der Waals surface area contributed by atoms with Gasteiger partial charge in [-0.2, -0.15) is 0 Å². The molecule has 84 valence electrons. The Hall–Kier alpha value is -0.810. The molecule has 0 spiro atoms. The van der Waals surface area contributed by atoms with Gasteiger partial charge in [-0.05, 0) is 25.2 Å². The summed E-state index contributed by atoms with van der Waals surface area (Å²) in [6.45, 7) is 0.284. The monoisotopic (exact) mass is 230 g/mol. The number of nitrogen functional groups attached to an aromatic ring is 1. The molecule has 2 atom stereocenters. The highest BCUT2D eigenvalue weighted by atomic mass is 35.5. The zero-order valence-corrected chi connectivity index (χ0v) is 9.20. The van der Waals surface area contributed by atoms with Crippen molar-refractivity contribution < 1.29 is 10.2 Å². The van der Waals surface area contributed by atoms with Gasteiger partial charge in [-0.3, -0.25) is 0 Å². The van der Waals surface area contributed by atoms with E-state index in [0.29, 0.717) is 16.3 Å². The van der Waals surface area contributed by atoms with Gasteiger partial charge in [0, 0.05) is 22.8 Å². The second-order valence-electron chi connectivity index (χ2n) is 3.35. The number of hydrogen-bond donors (Lipinski definition) is 4. The Morgan fingerprint density at radius 3 is 2.73 bits per heavy atom. The smallest absolute Gasteiger partial charge is 0.108 e. The van der Waals surface area contributed by atoms with Crippen molar-refractivity contribution in [3.8, 4) is 0 Å². The number of likely N-dealkylation sites (N-methyl/N-ethyl adjacent to an activating group) is 1. The van der Waals surface area contributed by atoms with Gasteiger partial charge in [-0.15, -0.1) is 0 Å². The van der Waals surface area contributed by atoms with E-state index in [0.717, 1.165) is 0 Å². The summed E-state index contributed by atoms with van der Waals surface area (Å²) >= 11 is 5.89. The number of hydrogen-bond acceptors (Lipinski definition) is 4.